The minimum Gasteiger partial charge on any atom is -0.508 e. The fourth-order valence-corrected chi connectivity index (χ4v) is 3.53. The second kappa shape index (κ2) is 8.01. The Morgan fingerprint density at radius 2 is 1.48 bits per heavy atom. The quantitative estimate of drug-likeness (QED) is 0.244. The molecule has 1 aliphatic heterocycles. The zero-order chi connectivity index (χ0) is 24.2. The third-order valence-corrected chi connectivity index (χ3v) is 5.29. The van der Waals surface area contributed by atoms with Gasteiger partial charge in [0, 0.05) is 17.7 Å². The first-order valence-corrected chi connectivity index (χ1v) is 9.64. The lowest BCUT2D eigenvalue weighted by Gasteiger charge is -2.38. The van der Waals surface area contributed by atoms with Crippen LogP contribution in [-0.4, -0.2) is 71.6 Å². The maximum atomic E-state index is 13.2. The Hall–Kier alpha value is -3.71. The summed E-state index contributed by atoms with van der Waals surface area (Å²) in [6.45, 7) is 1.39. The summed E-state index contributed by atoms with van der Waals surface area (Å²) in [6, 6.07) is 3.79. The topological polar surface area (TPSA) is 211 Å². The lowest BCUT2D eigenvalue weighted by atomic mass is 10.00. The first kappa shape index (κ1) is 22.5. The normalized spacial score (nSPS) is 25.3. The number of ether oxygens (including phenoxy) is 2. The molecule has 0 radical (unpaired) electrons. The molecule has 3 aromatic rings. The summed E-state index contributed by atoms with van der Waals surface area (Å²) < 4.78 is 16.5. The van der Waals surface area contributed by atoms with Crippen LogP contribution in [0.2, 0.25) is 0 Å². The molecule has 0 unspecified atom stereocenters. The Bertz CT molecular complexity index is 1260. The molecule has 1 aromatic heterocycles. The van der Waals surface area contributed by atoms with Crippen LogP contribution in [0.4, 0.5) is 0 Å². The molecular weight excluding hydrogens is 444 g/mol. The number of rotatable bonds is 3. The van der Waals surface area contributed by atoms with Gasteiger partial charge in [-0.3, -0.25) is 4.79 Å². The Balaban J connectivity index is 1.95. The van der Waals surface area contributed by atoms with Gasteiger partial charge in [0.1, 0.15) is 40.8 Å². The highest BCUT2D eigenvalue weighted by Crippen LogP contribution is 2.43. The number of phenols is 5. The average molecular weight is 464 g/mol. The van der Waals surface area contributed by atoms with Crippen molar-refractivity contribution < 1.29 is 54.7 Å². The van der Waals surface area contributed by atoms with Crippen molar-refractivity contribution in [1.82, 2.24) is 0 Å². The van der Waals surface area contributed by atoms with Crippen LogP contribution in [0.1, 0.15) is 6.92 Å². The molecule has 0 amide bonds. The van der Waals surface area contributed by atoms with Gasteiger partial charge < -0.3 is 54.7 Å². The third kappa shape index (κ3) is 3.74. The number of hydrogen-bond donors (Lipinski definition) is 8. The van der Waals surface area contributed by atoms with Crippen LogP contribution in [0, 0.1) is 0 Å². The highest BCUT2D eigenvalue weighted by molar-refractivity contribution is 5.88. The van der Waals surface area contributed by atoms with Gasteiger partial charge in [-0.2, -0.15) is 0 Å². The van der Waals surface area contributed by atoms with Gasteiger partial charge in [0.05, 0.1) is 6.10 Å². The maximum absolute atomic E-state index is 13.2. The molecule has 1 saturated heterocycles. The van der Waals surface area contributed by atoms with Crippen molar-refractivity contribution in [1.29, 1.82) is 0 Å². The van der Waals surface area contributed by atoms with Crippen molar-refractivity contribution in [2.45, 2.75) is 37.6 Å². The summed E-state index contributed by atoms with van der Waals surface area (Å²) in [5.74, 6) is -4.55. The van der Waals surface area contributed by atoms with E-state index in [4.69, 9.17) is 13.9 Å². The SMILES string of the molecule is C[C@@H]1O[C@H](Oc2c(-c3cc(O)c(O)c(O)c3)oc3cc(O)cc(O)c3c2=O)[C@H](O)[C@@H](O)[C@H]1O. The number of aliphatic hydroxyl groups excluding tert-OH is 3. The molecule has 33 heavy (non-hydrogen) atoms. The van der Waals surface area contributed by atoms with Crippen molar-refractivity contribution in [3.05, 3.63) is 34.5 Å². The fourth-order valence-electron chi connectivity index (χ4n) is 3.53. The smallest absolute Gasteiger partial charge is 0.239 e. The van der Waals surface area contributed by atoms with Crippen LogP contribution < -0.4 is 10.2 Å². The van der Waals surface area contributed by atoms with Crippen LogP contribution in [0.25, 0.3) is 22.3 Å². The van der Waals surface area contributed by atoms with E-state index in [1.165, 1.54) is 6.92 Å². The van der Waals surface area contributed by atoms with Crippen LogP contribution in [0.3, 0.4) is 0 Å². The van der Waals surface area contributed by atoms with Crippen LogP contribution >= 0.6 is 0 Å². The summed E-state index contributed by atoms with van der Waals surface area (Å²) in [7, 11) is 0. The number of aromatic hydroxyl groups is 5. The largest absolute Gasteiger partial charge is 0.508 e. The van der Waals surface area contributed by atoms with Gasteiger partial charge in [-0.15, -0.1) is 0 Å². The Kier molecular flexibility index (Phi) is 5.46. The van der Waals surface area contributed by atoms with E-state index in [0.717, 1.165) is 24.3 Å². The molecule has 2 heterocycles. The Labute approximate surface area is 184 Å². The summed E-state index contributed by atoms with van der Waals surface area (Å²) in [4.78, 5) is 13.2. The lowest BCUT2D eigenvalue weighted by molar-refractivity contribution is -0.268. The van der Waals surface area contributed by atoms with E-state index < -0.39 is 81.8 Å². The van der Waals surface area contributed by atoms with Gasteiger partial charge in [-0.1, -0.05) is 0 Å². The predicted octanol–water partition coefficient (Wildman–Crippen LogP) is 0.194. The standard InChI is InChI=1S/C21H20O12/c1-6-14(26)17(29)18(30)21(31-6)33-20-16(28)13-9(23)4-8(22)5-12(13)32-19(20)7-2-10(24)15(27)11(25)3-7/h2-6,14,17-18,21-27,29-30H,1H3/t6-,14-,17-,18+,21+/m0/s1. The summed E-state index contributed by atoms with van der Waals surface area (Å²) >= 11 is 0. The van der Waals surface area contributed by atoms with Crippen LogP contribution in [0.5, 0.6) is 34.5 Å². The summed E-state index contributed by atoms with van der Waals surface area (Å²) in [5.41, 5.74) is -1.45. The number of aliphatic hydroxyl groups is 3. The maximum Gasteiger partial charge on any atom is 0.239 e. The van der Waals surface area contributed by atoms with Crippen molar-refractivity contribution in [2.75, 3.05) is 0 Å². The molecule has 1 aliphatic rings. The Morgan fingerprint density at radius 1 is 0.848 bits per heavy atom. The predicted molar refractivity (Wildman–Crippen MR) is 109 cm³/mol. The first-order valence-electron chi connectivity index (χ1n) is 9.64. The molecular formula is C21H20O12. The van der Waals surface area contributed by atoms with Gasteiger partial charge in [0.15, 0.2) is 23.0 Å². The molecule has 0 aliphatic carbocycles. The van der Waals surface area contributed by atoms with E-state index in [1.807, 2.05) is 0 Å². The highest BCUT2D eigenvalue weighted by Gasteiger charge is 2.44. The number of phenolic OH excluding ortho intramolecular Hbond substituents is 5. The molecule has 0 saturated carbocycles. The molecule has 5 atom stereocenters. The van der Waals surface area contributed by atoms with E-state index in [2.05, 4.69) is 0 Å². The van der Waals surface area contributed by atoms with E-state index in [-0.39, 0.29) is 11.1 Å². The number of benzene rings is 2. The van der Waals surface area contributed by atoms with Gasteiger partial charge in [-0.05, 0) is 19.1 Å². The molecule has 4 rings (SSSR count). The Morgan fingerprint density at radius 3 is 2.12 bits per heavy atom. The fraction of sp³-hybridized carbons (Fsp3) is 0.286. The van der Waals surface area contributed by atoms with E-state index in [9.17, 15) is 45.6 Å². The van der Waals surface area contributed by atoms with E-state index in [1.54, 1.807) is 0 Å². The number of hydrogen-bond acceptors (Lipinski definition) is 12. The third-order valence-electron chi connectivity index (χ3n) is 5.29. The molecule has 12 heteroatoms. The van der Waals surface area contributed by atoms with Crippen molar-refractivity contribution in [3.8, 4) is 45.8 Å². The minimum atomic E-state index is -1.80. The van der Waals surface area contributed by atoms with Crippen molar-refractivity contribution in [3.63, 3.8) is 0 Å². The minimum absolute atomic E-state index is 0.168. The molecule has 1 fully saturated rings. The average Bonchev–Trinajstić information content (AvgIpc) is 2.74. The molecule has 8 N–H and O–H groups in total. The summed E-state index contributed by atoms with van der Waals surface area (Å²) in [5, 5.41) is 79.1. The summed E-state index contributed by atoms with van der Waals surface area (Å²) in [6.07, 6.45) is -7.59. The van der Waals surface area contributed by atoms with Crippen molar-refractivity contribution >= 4 is 11.0 Å². The highest BCUT2D eigenvalue weighted by atomic mass is 16.7. The first-order chi connectivity index (χ1) is 15.5. The molecule has 0 spiro atoms. The molecule has 12 nitrogen and oxygen atoms in total. The number of fused-ring (bicyclic) bond motifs is 1. The monoisotopic (exact) mass is 464 g/mol. The van der Waals surface area contributed by atoms with Gasteiger partial charge in [0.25, 0.3) is 0 Å². The van der Waals surface area contributed by atoms with E-state index >= 15 is 0 Å². The van der Waals surface area contributed by atoms with Crippen molar-refractivity contribution in [2.24, 2.45) is 0 Å². The van der Waals surface area contributed by atoms with E-state index in [0.29, 0.717) is 0 Å². The van der Waals surface area contributed by atoms with Gasteiger partial charge in [-0.25, -0.2) is 0 Å². The van der Waals surface area contributed by atoms with Crippen LogP contribution in [0.15, 0.2) is 33.5 Å². The zero-order valence-electron chi connectivity index (χ0n) is 16.9. The molecule has 0 bridgehead atoms. The second-order valence-electron chi connectivity index (χ2n) is 7.59. The second-order valence-corrected chi connectivity index (χ2v) is 7.59. The van der Waals surface area contributed by atoms with Gasteiger partial charge in [0.2, 0.25) is 17.5 Å². The molecule has 176 valence electrons. The zero-order valence-corrected chi connectivity index (χ0v) is 16.9. The lowest BCUT2D eigenvalue weighted by Crippen LogP contribution is -2.58. The molecule has 2 aromatic carbocycles. The van der Waals surface area contributed by atoms with Crippen LogP contribution in [-0.2, 0) is 4.74 Å². The van der Waals surface area contributed by atoms with Gasteiger partial charge >= 0.3 is 0 Å².